The zero-order valence-corrected chi connectivity index (χ0v) is 17.9. The number of carbonyl (C=O) groups excluding carboxylic acids is 2. The maximum atomic E-state index is 13.0. The van der Waals surface area contributed by atoms with Crippen LogP contribution in [0.25, 0.3) is 11.0 Å². The Morgan fingerprint density at radius 2 is 1.93 bits per heavy atom. The van der Waals surface area contributed by atoms with Gasteiger partial charge in [-0.3, -0.25) is 23.9 Å². The van der Waals surface area contributed by atoms with Gasteiger partial charge in [0.25, 0.3) is 11.5 Å². The molecule has 9 nitrogen and oxygen atoms in total. The molecule has 2 heterocycles. The van der Waals surface area contributed by atoms with E-state index in [-0.39, 0.29) is 40.9 Å². The first-order valence-electron chi connectivity index (χ1n) is 10.5. The minimum atomic E-state index is -0.648. The lowest BCUT2D eigenvalue weighted by Crippen LogP contribution is -2.40. The molecule has 0 saturated heterocycles. The molecular weight excluding hydrogens is 386 g/mol. The zero-order valence-electron chi connectivity index (χ0n) is 17.9. The second-order valence-corrected chi connectivity index (χ2v) is 8.08. The molecule has 0 spiro atoms. The van der Waals surface area contributed by atoms with E-state index in [1.54, 1.807) is 11.0 Å². The average molecular weight is 415 g/mol. The molecule has 1 fully saturated rings. The number of nitrogens with zero attached hydrogens (tertiary/aromatic N) is 3. The third kappa shape index (κ3) is 4.44. The number of nitrogens with one attached hydrogen (secondary N) is 2. The van der Waals surface area contributed by atoms with Crippen LogP contribution in [0.1, 0.15) is 62.5 Å². The third-order valence-electron chi connectivity index (χ3n) is 5.27. The van der Waals surface area contributed by atoms with Gasteiger partial charge in [-0.1, -0.05) is 13.8 Å². The molecule has 3 rings (SSSR count). The van der Waals surface area contributed by atoms with Crippen LogP contribution in [0.15, 0.2) is 15.7 Å². The summed E-state index contributed by atoms with van der Waals surface area (Å²) in [6, 6.07) is 1.62. The van der Waals surface area contributed by atoms with Crippen LogP contribution in [0.4, 0.5) is 0 Å². The number of amides is 2. The van der Waals surface area contributed by atoms with Crippen molar-refractivity contribution in [3.8, 4) is 0 Å². The van der Waals surface area contributed by atoms with Gasteiger partial charge in [0, 0.05) is 31.2 Å². The number of hydrogen-bond acceptors (Lipinski definition) is 5. The van der Waals surface area contributed by atoms with Gasteiger partial charge >= 0.3 is 5.69 Å². The molecule has 162 valence electrons. The van der Waals surface area contributed by atoms with Gasteiger partial charge in [-0.25, -0.2) is 9.78 Å². The number of likely N-dealkylation sites (N-methyl/N-ethyl adjacent to an activating group) is 1. The van der Waals surface area contributed by atoms with Crippen LogP contribution >= 0.6 is 0 Å². The van der Waals surface area contributed by atoms with E-state index >= 15 is 0 Å². The Labute approximate surface area is 174 Å². The molecule has 1 aliphatic rings. The number of carbonyl (C=O) groups is 2. The number of pyridine rings is 1. The molecule has 0 unspecified atom stereocenters. The number of rotatable bonds is 8. The second-order valence-electron chi connectivity index (χ2n) is 8.08. The van der Waals surface area contributed by atoms with Crippen LogP contribution in [0.5, 0.6) is 0 Å². The van der Waals surface area contributed by atoms with Gasteiger partial charge in [0.15, 0.2) is 5.65 Å². The molecule has 0 aliphatic heterocycles. The van der Waals surface area contributed by atoms with Gasteiger partial charge in [-0.05, 0) is 38.7 Å². The molecule has 2 amide bonds. The van der Waals surface area contributed by atoms with E-state index < -0.39 is 17.2 Å². The predicted molar refractivity (Wildman–Crippen MR) is 114 cm³/mol. The molecule has 2 N–H and O–H groups in total. The monoisotopic (exact) mass is 415 g/mol. The highest BCUT2D eigenvalue weighted by atomic mass is 16.2. The van der Waals surface area contributed by atoms with Gasteiger partial charge in [0.05, 0.1) is 17.5 Å². The van der Waals surface area contributed by atoms with Crippen molar-refractivity contribution in [1.29, 1.82) is 0 Å². The van der Waals surface area contributed by atoms with Crippen molar-refractivity contribution in [2.45, 2.75) is 53.0 Å². The summed E-state index contributed by atoms with van der Waals surface area (Å²) < 4.78 is 1.42. The Kier molecular flexibility index (Phi) is 6.38. The molecule has 0 atom stereocenters. The third-order valence-corrected chi connectivity index (χ3v) is 5.27. The molecule has 0 aromatic carbocycles. The first-order chi connectivity index (χ1) is 14.3. The molecule has 9 heteroatoms. The number of fused-ring (bicyclic) bond motifs is 1. The van der Waals surface area contributed by atoms with Crippen LogP contribution in [-0.2, 0) is 11.3 Å². The van der Waals surface area contributed by atoms with Gasteiger partial charge in [0.2, 0.25) is 5.91 Å². The lowest BCUT2D eigenvalue weighted by Gasteiger charge is -2.19. The van der Waals surface area contributed by atoms with Crippen molar-refractivity contribution < 1.29 is 9.59 Å². The maximum absolute atomic E-state index is 13.0. The highest BCUT2D eigenvalue weighted by Crippen LogP contribution is 2.39. The topological polar surface area (TPSA) is 117 Å². The molecule has 2 aromatic heterocycles. The second kappa shape index (κ2) is 8.81. The molecule has 30 heavy (non-hydrogen) atoms. The van der Waals surface area contributed by atoms with Crippen molar-refractivity contribution >= 4 is 22.8 Å². The summed E-state index contributed by atoms with van der Waals surface area (Å²) in [6.45, 7) is 8.97. The molecular formula is C21H29N5O4. The van der Waals surface area contributed by atoms with Crippen molar-refractivity contribution in [1.82, 2.24) is 24.8 Å². The molecule has 0 radical (unpaired) electrons. The summed E-state index contributed by atoms with van der Waals surface area (Å²) in [5.74, 6) is -0.350. The highest BCUT2D eigenvalue weighted by Gasteiger charge is 2.29. The Hall–Kier alpha value is -2.97. The fraction of sp³-hybridized carbons (Fsp3) is 0.571. The Balaban J connectivity index is 2.07. The van der Waals surface area contributed by atoms with Crippen molar-refractivity contribution in [2.24, 2.45) is 5.92 Å². The summed E-state index contributed by atoms with van der Waals surface area (Å²) >= 11 is 0. The van der Waals surface area contributed by atoms with E-state index in [4.69, 9.17) is 0 Å². The molecule has 1 aliphatic carbocycles. The summed E-state index contributed by atoms with van der Waals surface area (Å²) in [7, 11) is 0. The lowest BCUT2D eigenvalue weighted by molar-refractivity contribution is -0.129. The van der Waals surface area contributed by atoms with Crippen molar-refractivity contribution in [2.75, 3.05) is 19.6 Å². The SMILES string of the molecule is CCN(CC)C(=O)CNC(=O)c1cc(C2CC2)nc2c1c(=O)[nH]c(=O)n2CC(C)C. The first kappa shape index (κ1) is 21.7. The van der Waals surface area contributed by atoms with E-state index in [2.05, 4.69) is 15.3 Å². The lowest BCUT2D eigenvalue weighted by atomic mass is 10.1. The Morgan fingerprint density at radius 3 is 2.50 bits per heavy atom. The van der Waals surface area contributed by atoms with Crippen molar-refractivity contribution in [3.63, 3.8) is 0 Å². The summed E-state index contributed by atoms with van der Waals surface area (Å²) in [4.78, 5) is 58.8. The van der Waals surface area contributed by atoms with Crippen LogP contribution in [0, 0.1) is 5.92 Å². The first-order valence-corrected chi connectivity index (χ1v) is 10.5. The Bertz CT molecular complexity index is 1080. The standard InChI is InChI=1S/C21H29N5O4/c1-5-25(6-2)16(27)10-22-19(28)14-9-15(13-7-8-13)23-18-17(14)20(29)24-21(30)26(18)11-12(3)4/h9,12-13H,5-8,10-11H2,1-4H3,(H,22,28)(H,24,29,30). The number of hydrogen-bond donors (Lipinski definition) is 2. The van der Waals surface area contributed by atoms with Gasteiger partial charge in [-0.2, -0.15) is 0 Å². The van der Waals surface area contributed by atoms with E-state index in [0.29, 0.717) is 25.3 Å². The summed E-state index contributed by atoms with van der Waals surface area (Å²) in [6.07, 6.45) is 1.91. The summed E-state index contributed by atoms with van der Waals surface area (Å²) in [5, 5.41) is 2.71. The maximum Gasteiger partial charge on any atom is 0.330 e. The fourth-order valence-electron chi connectivity index (χ4n) is 3.53. The van der Waals surface area contributed by atoms with Crippen LogP contribution in [-0.4, -0.2) is 50.9 Å². The molecule has 1 saturated carbocycles. The minimum absolute atomic E-state index is 0.0763. The number of H-pyrrole nitrogens is 1. The van der Waals surface area contributed by atoms with E-state index in [1.807, 2.05) is 27.7 Å². The van der Waals surface area contributed by atoms with Gasteiger partial charge in [-0.15, -0.1) is 0 Å². The highest BCUT2D eigenvalue weighted by molar-refractivity contribution is 6.06. The quantitative estimate of drug-likeness (QED) is 0.672. The predicted octanol–water partition coefficient (Wildman–Crippen LogP) is 1.22. The summed E-state index contributed by atoms with van der Waals surface area (Å²) in [5.41, 5.74) is -0.116. The molecule has 2 aromatic rings. The van der Waals surface area contributed by atoms with Gasteiger partial charge < -0.3 is 10.2 Å². The van der Waals surface area contributed by atoms with Crippen molar-refractivity contribution in [3.05, 3.63) is 38.2 Å². The van der Waals surface area contributed by atoms with E-state index in [9.17, 15) is 19.2 Å². The average Bonchev–Trinajstić information content (AvgIpc) is 3.54. The van der Waals surface area contributed by atoms with Crippen LogP contribution in [0.3, 0.4) is 0 Å². The smallest absolute Gasteiger partial charge is 0.330 e. The number of aromatic nitrogens is 3. The van der Waals surface area contributed by atoms with Crippen LogP contribution < -0.4 is 16.6 Å². The number of aromatic amines is 1. The van der Waals surface area contributed by atoms with E-state index in [0.717, 1.165) is 12.8 Å². The fourth-order valence-corrected chi connectivity index (χ4v) is 3.53. The largest absolute Gasteiger partial charge is 0.343 e. The molecule has 0 bridgehead atoms. The minimum Gasteiger partial charge on any atom is -0.343 e. The van der Waals surface area contributed by atoms with Gasteiger partial charge in [0.1, 0.15) is 0 Å². The normalized spacial score (nSPS) is 13.6. The van der Waals surface area contributed by atoms with E-state index in [1.165, 1.54) is 4.57 Å². The zero-order chi connectivity index (χ0) is 22.0. The van der Waals surface area contributed by atoms with Crippen LogP contribution in [0.2, 0.25) is 0 Å². The Morgan fingerprint density at radius 1 is 1.27 bits per heavy atom.